The van der Waals surface area contributed by atoms with Gasteiger partial charge in [0.25, 0.3) is 0 Å². The molecule has 0 bridgehead atoms. The molecule has 2 amide bonds. The predicted molar refractivity (Wildman–Crippen MR) is 73.4 cm³/mol. The van der Waals surface area contributed by atoms with E-state index in [9.17, 15) is 9.90 Å². The Balaban J connectivity index is 1.90. The van der Waals surface area contributed by atoms with Gasteiger partial charge >= 0.3 is 6.03 Å². The highest BCUT2D eigenvalue weighted by Crippen LogP contribution is 2.21. The molecule has 2 unspecified atom stereocenters. The van der Waals surface area contributed by atoms with Crippen LogP contribution in [0.15, 0.2) is 24.3 Å². The van der Waals surface area contributed by atoms with E-state index in [0.717, 1.165) is 17.9 Å². The van der Waals surface area contributed by atoms with Crippen molar-refractivity contribution in [2.45, 2.75) is 19.4 Å². The zero-order chi connectivity index (χ0) is 13.8. The number of aliphatic hydroxyl groups excluding tert-OH is 1. The van der Waals surface area contributed by atoms with Crippen LogP contribution in [0.4, 0.5) is 10.5 Å². The van der Waals surface area contributed by atoms with E-state index >= 15 is 0 Å². The summed E-state index contributed by atoms with van der Waals surface area (Å²) in [7, 11) is 1.61. The molecule has 2 atom stereocenters. The molecule has 1 fully saturated rings. The van der Waals surface area contributed by atoms with E-state index in [-0.39, 0.29) is 18.1 Å². The van der Waals surface area contributed by atoms with E-state index in [0.29, 0.717) is 13.1 Å². The summed E-state index contributed by atoms with van der Waals surface area (Å²) in [5, 5.41) is 12.4. The molecule has 5 heteroatoms. The van der Waals surface area contributed by atoms with Gasteiger partial charge in [-0.05, 0) is 37.6 Å². The normalized spacial score (nSPS) is 20.2. The fraction of sp³-hybridized carbons (Fsp3) is 0.500. The van der Waals surface area contributed by atoms with Gasteiger partial charge in [-0.1, -0.05) is 0 Å². The van der Waals surface area contributed by atoms with Crippen LogP contribution in [0, 0.1) is 5.92 Å². The number of nitrogens with zero attached hydrogens (tertiary/aromatic N) is 1. The highest BCUT2D eigenvalue weighted by molar-refractivity contribution is 5.89. The van der Waals surface area contributed by atoms with E-state index < -0.39 is 0 Å². The highest BCUT2D eigenvalue weighted by Gasteiger charge is 2.28. The molecule has 1 aromatic rings. The van der Waals surface area contributed by atoms with Crippen molar-refractivity contribution in [3.05, 3.63) is 24.3 Å². The number of methoxy groups -OCH3 is 1. The minimum absolute atomic E-state index is 0.117. The first kappa shape index (κ1) is 13.7. The van der Waals surface area contributed by atoms with Gasteiger partial charge in [0.2, 0.25) is 0 Å². The summed E-state index contributed by atoms with van der Waals surface area (Å²) < 4.78 is 5.06. The lowest BCUT2D eigenvalue weighted by Crippen LogP contribution is -2.34. The lowest BCUT2D eigenvalue weighted by atomic mass is 10.0. The molecule has 0 spiro atoms. The maximum absolute atomic E-state index is 12.0. The molecule has 2 N–H and O–H groups in total. The van der Waals surface area contributed by atoms with Gasteiger partial charge in [0.1, 0.15) is 5.75 Å². The molecule has 5 nitrogen and oxygen atoms in total. The maximum atomic E-state index is 12.0. The van der Waals surface area contributed by atoms with E-state index in [1.165, 1.54) is 0 Å². The summed E-state index contributed by atoms with van der Waals surface area (Å²) in [6.45, 7) is 3.08. The number of urea groups is 1. The Morgan fingerprint density at radius 1 is 1.47 bits per heavy atom. The Morgan fingerprint density at radius 2 is 2.16 bits per heavy atom. The Kier molecular flexibility index (Phi) is 4.27. The smallest absolute Gasteiger partial charge is 0.321 e. The standard InChI is InChI=1S/C14H20N2O3/c1-10(17)11-7-8-16(9-11)14(18)15-12-3-5-13(19-2)6-4-12/h3-6,10-11,17H,7-9H2,1-2H3,(H,15,18). The zero-order valence-electron chi connectivity index (χ0n) is 11.3. The Hall–Kier alpha value is -1.75. The molecular weight excluding hydrogens is 244 g/mol. The van der Waals surface area contributed by atoms with Crippen LogP contribution in [-0.4, -0.2) is 42.3 Å². The number of nitrogens with one attached hydrogen (secondary N) is 1. The van der Waals surface area contributed by atoms with Gasteiger partial charge in [-0.2, -0.15) is 0 Å². The number of ether oxygens (including phenoxy) is 1. The summed E-state index contributed by atoms with van der Waals surface area (Å²) in [4.78, 5) is 13.8. The summed E-state index contributed by atoms with van der Waals surface area (Å²) >= 11 is 0. The van der Waals surface area contributed by atoms with Crippen LogP contribution in [0.5, 0.6) is 5.75 Å². The first-order valence-corrected chi connectivity index (χ1v) is 6.48. The van der Waals surface area contributed by atoms with Gasteiger partial charge in [-0.3, -0.25) is 0 Å². The van der Waals surface area contributed by atoms with Crippen LogP contribution >= 0.6 is 0 Å². The van der Waals surface area contributed by atoms with Crippen molar-refractivity contribution in [2.24, 2.45) is 5.92 Å². The lowest BCUT2D eigenvalue weighted by molar-refractivity contribution is 0.130. The molecule has 19 heavy (non-hydrogen) atoms. The summed E-state index contributed by atoms with van der Waals surface area (Å²) in [5.41, 5.74) is 0.742. The van der Waals surface area contributed by atoms with Gasteiger partial charge in [-0.25, -0.2) is 4.79 Å². The number of carbonyl (C=O) groups excluding carboxylic acids is 1. The quantitative estimate of drug-likeness (QED) is 0.877. The Morgan fingerprint density at radius 3 is 2.68 bits per heavy atom. The number of aliphatic hydroxyl groups is 1. The first-order chi connectivity index (χ1) is 9.10. The average Bonchev–Trinajstić information content (AvgIpc) is 2.89. The largest absolute Gasteiger partial charge is 0.497 e. The molecule has 1 saturated heterocycles. The molecule has 1 heterocycles. The predicted octanol–water partition coefficient (Wildman–Crippen LogP) is 1.93. The third-order valence-electron chi connectivity index (χ3n) is 3.54. The molecule has 0 aromatic heterocycles. The lowest BCUT2D eigenvalue weighted by Gasteiger charge is -2.18. The van der Waals surface area contributed by atoms with Crippen molar-refractivity contribution in [1.82, 2.24) is 4.90 Å². The van der Waals surface area contributed by atoms with E-state index in [4.69, 9.17) is 4.74 Å². The number of carbonyl (C=O) groups is 1. The van der Waals surface area contributed by atoms with Crippen molar-refractivity contribution in [2.75, 3.05) is 25.5 Å². The maximum Gasteiger partial charge on any atom is 0.321 e. The summed E-state index contributed by atoms with van der Waals surface area (Å²) in [6, 6.07) is 7.10. The second kappa shape index (κ2) is 5.93. The van der Waals surface area contributed by atoms with E-state index in [2.05, 4.69) is 5.32 Å². The minimum Gasteiger partial charge on any atom is -0.497 e. The monoisotopic (exact) mass is 264 g/mol. The summed E-state index contributed by atoms with van der Waals surface area (Å²) in [6.07, 6.45) is 0.493. The van der Waals surface area contributed by atoms with Gasteiger partial charge in [0, 0.05) is 24.7 Å². The fourth-order valence-corrected chi connectivity index (χ4v) is 2.24. The molecule has 104 valence electrons. The topological polar surface area (TPSA) is 61.8 Å². The van der Waals surface area contributed by atoms with Crippen LogP contribution < -0.4 is 10.1 Å². The number of hydrogen-bond donors (Lipinski definition) is 2. The van der Waals surface area contributed by atoms with Gasteiger partial charge in [0.05, 0.1) is 13.2 Å². The number of likely N-dealkylation sites (tertiary alicyclic amines) is 1. The molecular formula is C14H20N2O3. The van der Waals surface area contributed by atoms with Gasteiger partial charge in [0.15, 0.2) is 0 Å². The molecule has 0 radical (unpaired) electrons. The third-order valence-corrected chi connectivity index (χ3v) is 3.54. The Labute approximate surface area is 113 Å². The fourth-order valence-electron chi connectivity index (χ4n) is 2.24. The number of amides is 2. The SMILES string of the molecule is COc1ccc(NC(=O)N2CCC(C(C)O)C2)cc1. The number of hydrogen-bond acceptors (Lipinski definition) is 3. The second-order valence-electron chi connectivity index (χ2n) is 4.89. The average molecular weight is 264 g/mol. The van der Waals surface area contributed by atoms with Gasteiger partial charge < -0.3 is 20.1 Å². The number of anilines is 1. The van der Waals surface area contributed by atoms with E-state index in [1.807, 2.05) is 0 Å². The van der Waals surface area contributed by atoms with Crippen molar-refractivity contribution in [3.63, 3.8) is 0 Å². The van der Waals surface area contributed by atoms with E-state index in [1.54, 1.807) is 43.2 Å². The van der Waals surface area contributed by atoms with Crippen molar-refractivity contribution in [3.8, 4) is 5.75 Å². The van der Waals surface area contributed by atoms with Gasteiger partial charge in [-0.15, -0.1) is 0 Å². The second-order valence-corrected chi connectivity index (χ2v) is 4.89. The number of benzene rings is 1. The molecule has 1 aliphatic heterocycles. The van der Waals surface area contributed by atoms with Crippen LogP contribution in [0.2, 0.25) is 0 Å². The van der Waals surface area contributed by atoms with Crippen LogP contribution in [-0.2, 0) is 0 Å². The van der Waals surface area contributed by atoms with Crippen LogP contribution in [0.25, 0.3) is 0 Å². The van der Waals surface area contributed by atoms with Crippen molar-refractivity contribution >= 4 is 11.7 Å². The third kappa shape index (κ3) is 3.38. The van der Waals surface area contributed by atoms with Crippen LogP contribution in [0.3, 0.4) is 0 Å². The summed E-state index contributed by atoms with van der Waals surface area (Å²) in [5.74, 6) is 0.940. The molecule has 0 aliphatic carbocycles. The molecule has 1 aliphatic rings. The number of rotatable bonds is 3. The molecule has 0 saturated carbocycles. The van der Waals surface area contributed by atoms with Crippen molar-refractivity contribution in [1.29, 1.82) is 0 Å². The molecule has 1 aromatic carbocycles. The van der Waals surface area contributed by atoms with Crippen LogP contribution in [0.1, 0.15) is 13.3 Å². The minimum atomic E-state index is -0.362. The zero-order valence-corrected chi connectivity index (χ0v) is 11.3. The highest BCUT2D eigenvalue weighted by atomic mass is 16.5. The Bertz CT molecular complexity index is 431. The molecule has 2 rings (SSSR count). The first-order valence-electron chi connectivity index (χ1n) is 6.48. The van der Waals surface area contributed by atoms with Crippen molar-refractivity contribution < 1.29 is 14.6 Å².